The molecule has 2 rings (SSSR count). The molecule has 7 nitrogen and oxygen atoms in total. The van der Waals surface area contributed by atoms with Crippen LogP contribution in [0.3, 0.4) is 0 Å². The fourth-order valence-corrected chi connectivity index (χ4v) is 1.61. The molecule has 0 saturated heterocycles. The van der Waals surface area contributed by atoms with Crippen molar-refractivity contribution in [2.75, 3.05) is 0 Å². The average Bonchev–Trinajstić information content (AvgIpc) is 2.41. The molecule has 7 heteroatoms. The highest BCUT2D eigenvalue weighted by Gasteiger charge is 2.13. The first-order valence-corrected chi connectivity index (χ1v) is 5.70. The first-order chi connectivity index (χ1) is 9.49. The number of aryl methyl sites for hydroxylation is 1. The first kappa shape index (κ1) is 13.5. The molecule has 0 aliphatic carbocycles. The topological polar surface area (TPSA) is 115 Å². The van der Waals surface area contributed by atoms with Gasteiger partial charge in [0.15, 0.2) is 5.75 Å². The lowest BCUT2D eigenvalue weighted by Crippen LogP contribution is -2.12. The molecule has 3 N–H and O–H groups in total. The molecular formula is C13H12N4O3. The third kappa shape index (κ3) is 2.72. The van der Waals surface area contributed by atoms with Gasteiger partial charge in [-0.1, -0.05) is 0 Å². The number of hydrogen-bond donors (Lipinski definition) is 2. The fourth-order valence-electron chi connectivity index (χ4n) is 1.61. The van der Waals surface area contributed by atoms with Gasteiger partial charge >= 0.3 is 0 Å². The van der Waals surface area contributed by atoms with E-state index in [2.05, 4.69) is 4.98 Å². The van der Waals surface area contributed by atoms with Gasteiger partial charge in [0.1, 0.15) is 11.6 Å². The van der Waals surface area contributed by atoms with Crippen LogP contribution in [0.4, 0.5) is 5.69 Å². The SMILES string of the molecule is Cc1ccc([N+](=O)[O-])cc1Oc1cnccc1C(=N)N. The third-order valence-electron chi connectivity index (χ3n) is 2.68. The summed E-state index contributed by atoms with van der Waals surface area (Å²) in [6.07, 6.45) is 2.90. The summed E-state index contributed by atoms with van der Waals surface area (Å²) in [7, 11) is 0. The average molecular weight is 272 g/mol. The Morgan fingerprint density at radius 2 is 2.15 bits per heavy atom. The molecular weight excluding hydrogens is 260 g/mol. The maximum Gasteiger partial charge on any atom is 0.273 e. The zero-order valence-electron chi connectivity index (χ0n) is 10.7. The van der Waals surface area contributed by atoms with E-state index in [-0.39, 0.29) is 17.3 Å². The number of hydrogen-bond acceptors (Lipinski definition) is 5. The van der Waals surface area contributed by atoms with Gasteiger partial charge in [0, 0.05) is 12.3 Å². The number of nitrogens with one attached hydrogen (secondary N) is 1. The van der Waals surface area contributed by atoms with E-state index >= 15 is 0 Å². The second kappa shape index (κ2) is 5.35. The Bertz CT molecular complexity index is 685. The Balaban J connectivity index is 2.42. The molecule has 0 saturated carbocycles. The lowest BCUT2D eigenvalue weighted by Gasteiger charge is -2.11. The van der Waals surface area contributed by atoms with Crippen LogP contribution in [0, 0.1) is 22.4 Å². The van der Waals surface area contributed by atoms with Crippen LogP contribution in [0.1, 0.15) is 11.1 Å². The molecule has 0 spiro atoms. The summed E-state index contributed by atoms with van der Waals surface area (Å²) in [5, 5.41) is 18.2. The highest BCUT2D eigenvalue weighted by molar-refractivity contribution is 5.97. The van der Waals surface area contributed by atoms with Gasteiger partial charge in [0.2, 0.25) is 0 Å². The van der Waals surface area contributed by atoms with Gasteiger partial charge < -0.3 is 10.5 Å². The van der Waals surface area contributed by atoms with Gasteiger partial charge in [0.25, 0.3) is 5.69 Å². The predicted molar refractivity (Wildman–Crippen MR) is 73.2 cm³/mol. The standard InChI is InChI=1S/C13H12N4O3/c1-8-2-3-9(17(18)19)6-11(8)20-12-7-16-5-4-10(12)13(14)15/h2-7H,1H3,(H3,14,15). The molecule has 0 unspecified atom stereocenters. The number of nitrogens with zero attached hydrogens (tertiary/aromatic N) is 2. The Morgan fingerprint density at radius 1 is 1.40 bits per heavy atom. The van der Waals surface area contributed by atoms with E-state index in [0.29, 0.717) is 11.3 Å². The second-order valence-corrected chi connectivity index (χ2v) is 4.09. The summed E-state index contributed by atoms with van der Waals surface area (Å²) in [6.45, 7) is 1.77. The Hall–Kier alpha value is -2.96. The van der Waals surface area contributed by atoms with Crippen molar-refractivity contribution < 1.29 is 9.66 Å². The zero-order valence-corrected chi connectivity index (χ0v) is 10.7. The first-order valence-electron chi connectivity index (χ1n) is 5.70. The van der Waals surface area contributed by atoms with Gasteiger partial charge in [-0.2, -0.15) is 0 Å². The summed E-state index contributed by atoms with van der Waals surface area (Å²) in [5.41, 5.74) is 6.49. The van der Waals surface area contributed by atoms with E-state index < -0.39 is 4.92 Å². The van der Waals surface area contributed by atoms with E-state index in [1.807, 2.05) is 0 Å². The maximum atomic E-state index is 10.8. The largest absolute Gasteiger partial charge is 0.454 e. The smallest absolute Gasteiger partial charge is 0.273 e. The number of nitrogen functional groups attached to an aromatic ring is 1. The second-order valence-electron chi connectivity index (χ2n) is 4.09. The number of non-ortho nitro benzene ring substituents is 1. The minimum Gasteiger partial charge on any atom is -0.454 e. The van der Waals surface area contributed by atoms with Gasteiger partial charge in [-0.25, -0.2) is 0 Å². The molecule has 0 aliphatic rings. The molecule has 0 fully saturated rings. The number of nitro groups is 1. The Labute approximate surface area is 114 Å². The van der Waals surface area contributed by atoms with Crippen LogP contribution in [0.15, 0.2) is 36.7 Å². The third-order valence-corrected chi connectivity index (χ3v) is 2.68. The quantitative estimate of drug-likeness (QED) is 0.383. The Kier molecular flexibility index (Phi) is 3.60. The monoisotopic (exact) mass is 272 g/mol. The molecule has 2 aromatic rings. The van der Waals surface area contributed by atoms with Crippen LogP contribution in [-0.2, 0) is 0 Å². The van der Waals surface area contributed by atoms with E-state index in [0.717, 1.165) is 5.56 Å². The maximum absolute atomic E-state index is 10.8. The van der Waals surface area contributed by atoms with Crippen molar-refractivity contribution in [1.29, 1.82) is 5.41 Å². The summed E-state index contributed by atoms with van der Waals surface area (Å²) < 4.78 is 5.60. The highest BCUT2D eigenvalue weighted by atomic mass is 16.6. The Morgan fingerprint density at radius 3 is 2.80 bits per heavy atom. The van der Waals surface area contributed by atoms with Gasteiger partial charge in [-0.15, -0.1) is 0 Å². The van der Waals surface area contributed by atoms with Crippen molar-refractivity contribution in [3.63, 3.8) is 0 Å². The van der Waals surface area contributed by atoms with Crippen LogP contribution < -0.4 is 10.5 Å². The lowest BCUT2D eigenvalue weighted by atomic mass is 10.2. The van der Waals surface area contributed by atoms with E-state index in [1.165, 1.54) is 24.5 Å². The molecule has 1 aromatic heterocycles. The number of ether oxygens (including phenoxy) is 1. The predicted octanol–water partition coefficient (Wildman–Crippen LogP) is 2.37. The lowest BCUT2D eigenvalue weighted by molar-refractivity contribution is -0.384. The van der Waals surface area contributed by atoms with E-state index in [4.69, 9.17) is 15.9 Å². The minimum atomic E-state index is -0.499. The molecule has 0 atom stereocenters. The summed E-state index contributed by atoms with van der Waals surface area (Å²) in [4.78, 5) is 14.2. The number of benzene rings is 1. The van der Waals surface area contributed by atoms with Crippen molar-refractivity contribution in [2.24, 2.45) is 5.73 Å². The van der Waals surface area contributed by atoms with Crippen molar-refractivity contribution >= 4 is 11.5 Å². The number of nitro benzene ring substituents is 1. The van der Waals surface area contributed by atoms with E-state index in [1.54, 1.807) is 19.1 Å². The molecule has 1 aromatic carbocycles. The van der Waals surface area contributed by atoms with Crippen LogP contribution in [0.2, 0.25) is 0 Å². The molecule has 102 valence electrons. The normalized spacial score (nSPS) is 10.1. The number of rotatable bonds is 4. The van der Waals surface area contributed by atoms with Crippen LogP contribution in [0.5, 0.6) is 11.5 Å². The summed E-state index contributed by atoms with van der Waals surface area (Å²) in [5.74, 6) is 0.448. The van der Waals surface area contributed by atoms with Gasteiger partial charge in [-0.3, -0.25) is 20.5 Å². The van der Waals surface area contributed by atoms with E-state index in [9.17, 15) is 10.1 Å². The van der Waals surface area contributed by atoms with Crippen molar-refractivity contribution in [3.05, 3.63) is 57.9 Å². The number of amidine groups is 1. The van der Waals surface area contributed by atoms with Crippen molar-refractivity contribution in [2.45, 2.75) is 6.92 Å². The molecule has 1 heterocycles. The molecule has 0 amide bonds. The van der Waals surface area contributed by atoms with Gasteiger partial charge in [0.05, 0.1) is 22.7 Å². The van der Waals surface area contributed by atoms with Gasteiger partial charge in [-0.05, 0) is 24.6 Å². The van der Waals surface area contributed by atoms with Crippen molar-refractivity contribution in [3.8, 4) is 11.5 Å². The molecule has 0 bridgehead atoms. The highest BCUT2D eigenvalue weighted by Crippen LogP contribution is 2.30. The summed E-state index contributed by atoms with van der Waals surface area (Å²) >= 11 is 0. The van der Waals surface area contributed by atoms with Crippen LogP contribution in [0.25, 0.3) is 0 Å². The molecule has 0 radical (unpaired) electrons. The number of aromatic nitrogens is 1. The summed E-state index contributed by atoms with van der Waals surface area (Å²) in [6, 6.07) is 5.87. The van der Waals surface area contributed by atoms with Crippen LogP contribution in [-0.4, -0.2) is 15.7 Å². The fraction of sp³-hybridized carbons (Fsp3) is 0.0769. The van der Waals surface area contributed by atoms with Crippen molar-refractivity contribution in [1.82, 2.24) is 4.98 Å². The van der Waals surface area contributed by atoms with Crippen LogP contribution >= 0.6 is 0 Å². The number of nitrogens with two attached hydrogens (primary N) is 1. The minimum absolute atomic E-state index is 0.0705. The number of pyridine rings is 1. The zero-order chi connectivity index (χ0) is 14.7. The molecule has 20 heavy (non-hydrogen) atoms. The molecule has 0 aliphatic heterocycles.